The average molecular weight is 485 g/mol. The second-order valence-electron chi connectivity index (χ2n) is 7.98. The molecule has 34 heavy (non-hydrogen) atoms. The van der Waals surface area contributed by atoms with Crippen molar-refractivity contribution in [1.82, 2.24) is 0 Å². The summed E-state index contributed by atoms with van der Waals surface area (Å²) < 4.78 is 84.7. The number of alkyl halides is 6. The van der Waals surface area contributed by atoms with Crippen molar-refractivity contribution in [3.63, 3.8) is 0 Å². The number of hydrogen-bond donors (Lipinski definition) is 1. The van der Waals surface area contributed by atoms with Crippen molar-refractivity contribution in [1.29, 1.82) is 0 Å². The van der Waals surface area contributed by atoms with Gasteiger partial charge in [0.2, 0.25) is 0 Å². The quantitative estimate of drug-likeness (QED) is 0.292. The van der Waals surface area contributed by atoms with E-state index in [4.69, 9.17) is 4.42 Å². The fraction of sp³-hybridized carbons (Fsp3) is 0.333. The molecule has 3 rings (SSSR count). The fourth-order valence-corrected chi connectivity index (χ4v) is 3.70. The Hall–Kier alpha value is -3.30. The average Bonchev–Trinajstić information content (AvgIpc) is 3.28. The van der Waals surface area contributed by atoms with E-state index in [1.54, 1.807) is 19.1 Å². The van der Waals surface area contributed by atoms with Crippen LogP contribution in [0.5, 0.6) is 0 Å². The van der Waals surface area contributed by atoms with Gasteiger partial charge in [-0.2, -0.15) is 26.3 Å². The highest BCUT2D eigenvalue weighted by molar-refractivity contribution is 6.15. The third-order valence-corrected chi connectivity index (χ3v) is 5.41. The number of carboxylic acids is 1. The summed E-state index contributed by atoms with van der Waals surface area (Å²) >= 11 is 0. The van der Waals surface area contributed by atoms with Crippen LogP contribution in [0.15, 0.2) is 64.4 Å². The molecular weight excluding hydrogens is 464 g/mol. The highest BCUT2D eigenvalue weighted by atomic mass is 19.4. The van der Waals surface area contributed by atoms with E-state index >= 15 is 0 Å². The van der Waals surface area contributed by atoms with Gasteiger partial charge in [-0.15, -0.1) is 0 Å². The molecule has 0 spiro atoms. The number of hydrogen-bond acceptors (Lipinski definition) is 3. The molecule has 0 amide bonds. The van der Waals surface area contributed by atoms with Gasteiger partial charge in [-0.1, -0.05) is 25.2 Å². The Morgan fingerprint density at radius 1 is 1.12 bits per heavy atom. The van der Waals surface area contributed by atoms with Crippen LogP contribution in [0.3, 0.4) is 0 Å². The second kappa shape index (κ2) is 9.90. The molecule has 1 N–H and O–H groups in total. The van der Waals surface area contributed by atoms with Gasteiger partial charge in [0, 0.05) is 23.7 Å². The standard InChI is InChI=1S/C24H21F6NO3/c1-14-3-2-4-15(9-20(22(32)33)16-6-8-34-13-16)5-7-31-21(14)17-10-18(23(25,26)27)12-19(11-17)24(28,29)30/h2,4,6,8-15H,3,5,7H2,1H3,(H,32,33). The van der Waals surface area contributed by atoms with Gasteiger partial charge in [0.15, 0.2) is 0 Å². The van der Waals surface area contributed by atoms with Gasteiger partial charge in [-0.3, -0.25) is 4.99 Å². The van der Waals surface area contributed by atoms with E-state index in [0.717, 1.165) is 0 Å². The molecule has 0 aliphatic carbocycles. The van der Waals surface area contributed by atoms with Crippen LogP contribution in [-0.2, 0) is 17.1 Å². The first kappa shape index (κ1) is 25.3. The summed E-state index contributed by atoms with van der Waals surface area (Å²) in [5, 5.41) is 9.53. The number of furan rings is 1. The van der Waals surface area contributed by atoms with Crippen LogP contribution in [0.4, 0.5) is 26.3 Å². The van der Waals surface area contributed by atoms with Crippen LogP contribution in [0, 0.1) is 11.8 Å². The van der Waals surface area contributed by atoms with Crippen molar-refractivity contribution in [2.75, 3.05) is 6.54 Å². The maximum Gasteiger partial charge on any atom is 0.416 e. The Morgan fingerprint density at radius 3 is 2.29 bits per heavy atom. The molecular formula is C24H21F6NO3. The van der Waals surface area contributed by atoms with Crippen molar-refractivity contribution in [2.24, 2.45) is 16.8 Å². The zero-order valence-electron chi connectivity index (χ0n) is 18.0. The minimum atomic E-state index is -4.95. The summed E-state index contributed by atoms with van der Waals surface area (Å²) in [6, 6.07) is 2.97. The van der Waals surface area contributed by atoms with Crippen LogP contribution < -0.4 is 0 Å². The Labute approximate surface area is 191 Å². The molecule has 1 aromatic heterocycles. The molecule has 0 saturated carbocycles. The van der Waals surface area contributed by atoms with Crippen molar-refractivity contribution in [3.05, 3.63) is 77.3 Å². The van der Waals surface area contributed by atoms with Crippen LogP contribution in [0.2, 0.25) is 0 Å². The molecule has 1 aliphatic heterocycles. The fourth-order valence-electron chi connectivity index (χ4n) is 3.70. The molecule has 1 aliphatic rings. The maximum atomic E-state index is 13.3. The first-order valence-corrected chi connectivity index (χ1v) is 10.3. The molecule has 2 heterocycles. The van der Waals surface area contributed by atoms with Gasteiger partial charge < -0.3 is 9.52 Å². The van der Waals surface area contributed by atoms with E-state index < -0.39 is 35.4 Å². The number of halogens is 6. The van der Waals surface area contributed by atoms with E-state index in [1.807, 2.05) is 0 Å². The van der Waals surface area contributed by atoms with Gasteiger partial charge in [-0.05, 0) is 48.6 Å². The Balaban J connectivity index is 1.96. The molecule has 2 aromatic rings. The Morgan fingerprint density at radius 2 is 1.76 bits per heavy atom. The van der Waals surface area contributed by atoms with Crippen molar-refractivity contribution in [3.8, 4) is 0 Å². The minimum absolute atomic E-state index is 0.0209. The predicted octanol–water partition coefficient (Wildman–Crippen LogP) is 6.88. The number of allylic oxidation sites excluding steroid dienone is 3. The van der Waals surface area contributed by atoms with E-state index in [-0.39, 0.29) is 35.4 Å². The van der Waals surface area contributed by atoms with E-state index in [0.29, 0.717) is 30.5 Å². The number of carbonyl (C=O) groups is 1. The molecule has 1 aromatic carbocycles. The monoisotopic (exact) mass is 485 g/mol. The van der Waals surface area contributed by atoms with Gasteiger partial charge >= 0.3 is 18.3 Å². The van der Waals surface area contributed by atoms with Crippen molar-refractivity contribution < 1.29 is 40.7 Å². The Bertz CT molecular complexity index is 1080. The molecule has 2 atom stereocenters. The van der Waals surface area contributed by atoms with E-state index in [9.17, 15) is 36.2 Å². The SMILES string of the molecule is CC1CC=CC(C=C(C(=O)O)c2ccoc2)CCN=C1c1cc(C(F)(F)F)cc(C(F)(F)F)c1. The van der Waals surface area contributed by atoms with Gasteiger partial charge in [0.05, 0.1) is 29.2 Å². The Kier molecular flexibility index (Phi) is 7.38. The summed E-state index contributed by atoms with van der Waals surface area (Å²) in [5.74, 6) is -1.98. The second-order valence-corrected chi connectivity index (χ2v) is 7.98. The smallest absolute Gasteiger partial charge is 0.416 e. The predicted molar refractivity (Wildman–Crippen MR) is 113 cm³/mol. The highest BCUT2D eigenvalue weighted by Gasteiger charge is 2.37. The lowest BCUT2D eigenvalue weighted by Gasteiger charge is -2.18. The molecule has 2 unspecified atom stereocenters. The summed E-state index contributed by atoms with van der Waals surface area (Å²) in [6.07, 6.45) is -1.62. The van der Waals surface area contributed by atoms with Crippen LogP contribution in [0.1, 0.15) is 42.0 Å². The number of aliphatic carboxylic acids is 1. The van der Waals surface area contributed by atoms with Crippen LogP contribution in [-0.4, -0.2) is 23.3 Å². The number of aliphatic imine (C=N–C) groups is 1. The van der Waals surface area contributed by atoms with Crippen molar-refractivity contribution >= 4 is 17.3 Å². The van der Waals surface area contributed by atoms with E-state index in [2.05, 4.69) is 4.99 Å². The summed E-state index contributed by atoms with van der Waals surface area (Å²) in [5.41, 5.74) is -2.49. The number of rotatable bonds is 4. The lowest BCUT2D eigenvalue weighted by Crippen LogP contribution is -2.17. The molecule has 0 fully saturated rings. The lowest BCUT2D eigenvalue weighted by atomic mass is 9.92. The zero-order chi connectivity index (χ0) is 25.1. The number of benzene rings is 1. The third kappa shape index (κ3) is 6.18. The summed E-state index contributed by atoms with van der Waals surface area (Å²) in [7, 11) is 0. The maximum absolute atomic E-state index is 13.3. The normalized spacial score (nSPS) is 20.3. The van der Waals surface area contributed by atoms with Crippen LogP contribution in [0.25, 0.3) is 5.57 Å². The first-order chi connectivity index (χ1) is 15.9. The zero-order valence-corrected chi connectivity index (χ0v) is 18.0. The van der Waals surface area contributed by atoms with E-state index in [1.165, 1.54) is 24.7 Å². The number of nitrogens with zero attached hydrogens (tertiary/aromatic N) is 1. The van der Waals surface area contributed by atoms with Gasteiger partial charge in [0.1, 0.15) is 0 Å². The van der Waals surface area contributed by atoms with Gasteiger partial charge in [0.25, 0.3) is 0 Å². The summed E-state index contributed by atoms with van der Waals surface area (Å²) in [6.45, 7) is 1.75. The molecule has 182 valence electrons. The molecule has 0 bridgehead atoms. The topological polar surface area (TPSA) is 62.8 Å². The summed E-state index contributed by atoms with van der Waals surface area (Å²) in [4.78, 5) is 16.0. The molecule has 0 saturated heterocycles. The molecule has 10 heteroatoms. The van der Waals surface area contributed by atoms with Crippen LogP contribution >= 0.6 is 0 Å². The number of carboxylic acid groups (broad SMARTS) is 1. The largest absolute Gasteiger partial charge is 0.478 e. The third-order valence-electron chi connectivity index (χ3n) is 5.41. The highest BCUT2D eigenvalue weighted by Crippen LogP contribution is 2.37. The molecule has 0 radical (unpaired) electrons. The first-order valence-electron chi connectivity index (χ1n) is 10.3. The minimum Gasteiger partial charge on any atom is -0.478 e. The van der Waals surface area contributed by atoms with Crippen molar-refractivity contribution in [2.45, 2.75) is 32.1 Å². The molecule has 4 nitrogen and oxygen atoms in total. The van der Waals surface area contributed by atoms with Gasteiger partial charge in [-0.25, -0.2) is 4.79 Å². The lowest BCUT2D eigenvalue weighted by molar-refractivity contribution is -0.143.